The molecule has 1 aliphatic heterocycles. The maximum Gasteiger partial charge on any atom is 0.312 e. The molecule has 0 aromatic rings. The number of hydrogen-bond acceptors (Lipinski definition) is 6. The largest absolute Gasteiger partial charge is 0.462 e. The fraction of sp³-hybridized carbons (Fsp3) is 0.778. The van der Waals surface area contributed by atoms with Crippen LogP contribution >= 0.6 is 0 Å². The number of esters is 2. The minimum absolute atomic E-state index is 0.00764. The normalized spacial score (nSPS) is 44.5. The molecule has 0 aromatic carbocycles. The summed E-state index contributed by atoms with van der Waals surface area (Å²) >= 11 is 0. The van der Waals surface area contributed by atoms with Crippen LogP contribution < -0.4 is 0 Å². The SMILES string of the molecule is C=C1C[C@H]2OC(=O)[C@@H](COC)[C@H]2C[C@@H]2[C@@H]1[C@@H](OC(C)=O)C[C@@]2(C)O. The summed E-state index contributed by atoms with van der Waals surface area (Å²) in [5.74, 6) is -1.11. The van der Waals surface area contributed by atoms with E-state index in [-0.39, 0.29) is 47.8 Å². The van der Waals surface area contributed by atoms with E-state index in [9.17, 15) is 14.7 Å². The molecule has 3 aliphatic rings. The quantitative estimate of drug-likeness (QED) is 0.620. The minimum atomic E-state index is -0.966. The number of carbonyl (C=O) groups is 2. The molecular weight excluding hydrogens is 312 g/mol. The van der Waals surface area contributed by atoms with Gasteiger partial charge in [0.2, 0.25) is 0 Å². The number of aliphatic hydroxyl groups is 1. The molecule has 6 nitrogen and oxygen atoms in total. The summed E-state index contributed by atoms with van der Waals surface area (Å²) in [5.41, 5.74) is -0.0753. The molecule has 3 fully saturated rings. The van der Waals surface area contributed by atoms with E-state index in [1.807, 2.05) is 0 Å². The zero-order valence-electron chi connectivity index (χ0n) is 14.5. The highest BCUT2D eigenvalue weighted by atomic mass is 16.6. The molecular formula is C18H26O6. The van der Waals surface area contributed by atoms with Gasteiger partial charge in [-0.15, -0.1) is 0 Å². The number of ether oxygens (including phenoxy) is 3. The lowest BCUT2D eigenvalue weighted by atomic mass is 9.77. The van der Waals surface area contributed by atoms with Crippen molar-refractivity contribution in [2.75, 3.05) is 13.7 Å². The van der Waals surface area contributed by atoms with Crippen molar-refractivity contribution in [3.63, 3.8) is 0 Å². The third-order valence-electron chi connectivity index (χ3n) is 5.94. The molecule has 24 heavy (non-hydrogen) atoms. The molecule has 0 radical (unpaired) electrons. The molecule has 1 N–H and O–H groups in total. The molecule has 0 amide bonds. The van der Waals surface area contributed by atoms with E-state index in [2.05, 4.69) is 6.58 Å². The molecule has 2 saturated carbocycles. The molecule has 134 valence electrons. The smallest absolute Gasteiger partial charge is 0.312 e. The fourth-order valence-electron chi connectivity index (χ4n) is 4.93. The Morgan fingerprint density at radius 3 is 2.83 bits per heavy atom. The van der Waals surface area contributed by atoms with Crippen molar-refractivity contribution in [3.8, 4) is 0 Å². The van der Waals surface area contributed by atoms with E-state index in [0.29, 0.717) is 25.9 Å². The van der Waals surface area contributed by atoms with Crippen LogP contribution in [0.5, 0.6) is 0 Å². The van der Waals surface area contributed by atoms with Crippen LogP contribution in [0.2, 0.25) is 0 Å². The lowest BCUT2D eigenvalue weighted by Gasteiger charge is -2.30. The molecule has 0 spiro atoms. The van der Waals surface area contributed by atoms with Gasteiger partial charge in [-0.2, -0.15) is 0 Å². The van der Waals surface area contributed by atoms with Crippen LogP contribution in [0.15, 0.2) is 12.2 Å². The van der Waals surface area contributed by atoms with Gasteiger partial charge in [0.05, 0.1) is 18.1 Å². The van der Waals surface area contributed by atoms with E-state index in [1.54, 1.807) is 14.0 Å². The molecule has 7 atom stereocenters. The molecule has 3 rings (SSSR count). The Morgan fingerprint density at radius 1 is 1.50 bits per heavy atom. The van der Waals surface area contributed by atoms with Gasteiger partial charge in [0.15, 0.2) is 0 Å². The van der Waals surface area contributed by atoms with Crippen molar-refractivity contribution in [2.45, 2.75) is 50.9 Å². The molecule has 6 heteroatoms. The summed E-state index contributed by atoms with van der Waals surface area (Å²) in [6, 6.07) is 0. The maximum absolute atomic E-state index is 12.1. The summed E-state index contributed by atoms with van der Waals surface area (Å²) in [6.45, 7) is 7.65. The number of fused-ring (bicyclic) bond motifs is 2. The summed E-state index contributed by atoms with van der Waals surface area (Å²) in [6.07, 6.45) is 0.974. The van der Waals surface area contributed by atoms with Crippen molar-refractivity contribution < 1.29 is 28.9 Å². The zero-order chi connectivity index (χ0) is 17.6. The first-order valence-electron chi connectivity index (χ1n) is 8.51. The second-order valence-electron chi connectivity index (χ2n) is 7.64. The van der Waals surface area contributed by atoms with Crippen LogP contribution in [0, 0.1) is 23.7 Å². The summed E-state index contributed by atoms with van der Waals surface area (Å²) in [5, 5.41) is 10.9. The van der Waals surface area contributed by atoms with Crippen molar-refractivity contribution in [2.24, 2.45) is 23.7 Å². The van der Waals surface area contributed by atoms with E-state index in [1.165, 1.54) is 6.92 Å². The van der Waals surface area contributed by atoms with Crippen LogP contribution in [0.4, 0.5) is 0 Å². The average molecular weight is 338 g/mol. The summed E-state index contributed by atoms with van der Waals surface area (Å²) in [4.78, 5) is 23.6. The van der Waals surface area contributed by atoms with E-state index < -0.39 is 5.60 Å². The van der Waals surface area contributed by atoms with Crippen LogP contribution in [-0.4, -0.2) is 48.6 Å². The number of rotatable bonds is 3. The number of hydrogen-bond donors (Lipinski definition) is 1. The van der Waals surface area contributed by atoms with Crippen LogP contribution in [0.3, 0.4) is 0 Å². The molecule has 1 saturated heterocycles. The molecule has 0 aromatic heterocycles. The van der Waals surface area contributed by atoms with E-state index in [4.69, 9.17) is 14.2 Å². The van der Waals surface area contributed by atoms with Crippen LogP contribution in [0.1, 0.15) is 33.1 Å². The second-order valence-corrected chi connectivity index (χ2v) is 7.64. The monoisotopic (exact) mass is 338 g/mol. The summed E-state index contributed by atoms with van der Waals surface area (Å²) < 4.78 is 16.2. The van der Waals surface area contributed by atoms with E-state index >= 15 is 0 Å². The Labute approximate surface area is 142 Å². The first-order chi connectivity index (χ1) is 11.2. The molecule has 2 aliphatic carbocycles. The molecule has 0 unspecified atom stereocenters. The molecule has 1 heterocycles. The van der Waals surface area contributed by atoms with Gasteiger partial charge in [0, 0.05) is 38.7 Å². The van der Waals surface area contributed by atoms with Crippen molar-refractivity contribution in [1.82, 2.24) is 0 Å². The lowest BCUT2D eigenvalue weighted by molar-refractivity contribution is -0.148. The Hall–Kier alpha value is -1.40. The van der Waals surface area contributed by atoms with Gasteiger partial charge in [-0.1, -0.05) is 12.2 Å². The van der Waals surface area contributed by atoms with Crippen molar-refractivity contribution >= 4 is 11.9 Å². The van der Waals surface area contributed by atoms with Gasteiger partial charge >= 0.3 is 11.9 Å². The van der Waals surface area contributed by atoms with Gasteiger partial charge in [-0.25, -0.2) is 0 Å². The summed E-state index contributed by atoms with van der Waals surface area (Å²) in [7, 11) is 1.57. The predicted octanol–water partition coefficient (Wildman–Crippen LogP) is 1.46. The highest BCUT2D eigenvalue weighted by molar-refractivity contribution is 5.75. The maximum atomic E-state index is 12.1. The van der Waals surface area contributed by atoms with Crippen LogP contribution in [0.25, 0.3) is 0 Å². The Bertz CT molecular complexity index is 554. The Morgan fingerprint density at radius 2 is 2.21 bits per heavy atom. The van der Waals surface area contributed by atoms with Gasteiger partial charge in [0.1, 0.15) is 12.2 Å². The van der Waals surface area contributed by atoms with Gasteiger partial charge in [-0.05, 0) is 19.3 Å². The standard InChI is InChI=1S/C18H26O6/c1-9-5-14-11(12(8-22-4)17(20)24-14)6-13-16(9)15(23-10(2)19)7-18(13,3)21/h11-16,21H,1,5-8H2,2-4H3/t11-,12+,13-,14-,15+,16-,18-/m1/s1. The number of methoxy groups -OCH3 is 1. The minimum Gasteiger partial charge on any atom is -0.462 e. The number of carbonyl (C=O) groups excluding carboxylic acids is 2. The highest BCUT2D eigenvalue weighted by Gasteiger charge is 2.58. The molecule has 0 bridgehead atoms. The topological polar surface area (TPSA) is 82.1 Å². The van der Waals surface area contributed by atoms with Gasteiger partial charge < -0.3 is 19.3 Å². The predicted molar refractivity (Wildman–Crippen MR) is 84.9 cm³/mol. The first kappa shape index (κ1) is 17.4. The van der Waals surface area contributed by atoms with E-state index in [0.717, 1.165) is 5.57 Å². The highest BCUT2D eigenvalue weighted by Crippen LogP contribution is 2.54. The van der Waals surface area contributed by atoms with Crippen LogP contribution in [-0.2, 0) is 23.8 Å². The third kappa shape index (κ3) is 2.86. The van der Waals surface area contributed by atoms with Crippen molar-refractivity contribution in [1.29, 1.82) is 0 Å². The van der Waals surface area contributed by atoms with Gasteiger partial charge in [0.25, 0.3) is 0 Å². The fourth-order valence-corrected chi connectivity index (χ4v) is 4.93. The first-order valence-corrected chi connectivity index (χ1v) is 8.51. The zero-order valence-corrected chi connectivity index (χ0v) is 14.5. The Kier molecular flexibility index (Phi) is 4.47. The third-order valence-corrected chi connectivity index (χ3v) is 5.94. The van der Waals surface area contributed by atoms with Crippen molar-refractivity contribution in [3.05, 3.63) is 12.2 Å². The van der Waals surface area contributed by atoms with Gasteiger partial charge in [-0.3, -0.25) is 9.59 Å². The second kappa shape index (κ2) is 6.15. The average Bonchev–Trinajstić information content (AvgIpc) is 2.80. The Balaban J connectivity index is 1.90. The lowest BCUT2D eigenvalue weighted by Crippen LogP contribution is -2.35.